The Morgan fingerprint density at radius 1 is 0.349 bits per heavy atom. The monoisotopic (exact) mass is 1510 g/mol. The molecule has 620 valence electrons. The lowest BCUT2D eigenvalue weighted by atomic mass is 9.99. The van der Waals surface area contributed by atoms with E-state index in [1.54, 1.807) is 24.3 Å². The van der Waals surface area contributed by atoms with Crippen molar-refractivity contribution in [1.29, 1.82) is 0 Å². The lowest BCUT2D eigenvalue weighted by Crippen LogP contribution is -2.60. The summed E-state index contributed by atoms with van der Waals surface area (Å²) in [5.41, 5.74) is 2.71. The highest BCUT2D eigenvalue weighted by molar-refractivity contribution is 5.83. The third-order valence-electron chi connectivity index (χ3n) is 20.3. The van der Waals surface area contributed by atoms with Crippen molar-refractivity contribution >= 4 is 11.8 Å². The molecule has 0 radical (unpaired) electrons. The smallest absolute Gasteiger partial charge is 0.253 e. The number of carbonyl (C=O) groups excluding carboxylic acids is 2. The van der Waals surface area contributed by atoms with Gasteiger partial charge in [-0.15, -0.1) is 0 Å². The highest BCUT2D eigenvalue weighted by atomic mass is 16.7. The summed E-state index contributed by atoms with van der Waals surface area (Å²) in [6.45, 7) is 11.3. The summed E-state index contributed by atoms with van der Waals surface area (Å²) in [6, 6.07) is -2.06. The van der Waals surface area contributed by atoms with Gasteiger partial charge in [-0.05, 0) is 90.9 Å². The second kappa shape index (κ2) is 68.5. The summed E-state index contributed by atoms with van der Waals surface area (Å²) in [4.78, 5) is 25.9. The fraction of sp³-hybridized carbons (Fsp3) is 0.837. The van der Waals surface area contributed by atoms with Gasteiger partial charge in [0.2, 0.25) is 0 Å². The Kier molecular flexibility index (Phi) is 65.1. The molecule has 20 heteroatoms. The number of ether oxygens (including phenoxy) is 4. The molecule has 20 nitrogen and oxygen atoms in total. The molecule has 106 heavy (non-hydrogen) atoms. The first-order chi connectivity index (χ1) is 51.3. The molecule has 0 aliphatic carbocycles. The van der Waals surface area contributed by atoms with Crippen molar-refractivity contribution in [3.63, 3.8) is 0 Å². The van der Waals surface area contributed by atoms with E-state index in [2.05, 4.69) is 64.3 Å². The maximum absolute atomic E-state index is 13.0. The number of aliphatic hydroxyl groups is 12. The lowest BCUT2D eigenvalue weighted by molar-refractivity contribution is -0.302. The number of allylic oxidation sites excluding steroid dienone is 8. The summed E-state index contributed by atoms with van der Waals surface area (Å²) >= 11 is 0. The van der Waals surface area contributed by atoms with Crippen molar-refractivity contribution in [3.8, 4) is 0 Å². The van der Waals surface area contributed by atoms with Gasteiger partial charge in [-0.25, -0.2) is 0 Å². The Labute approximate surface area is 642 Å². The Balaban J connectivity index is 0.00000106. The van der Waals surface area contributed by atoms with Crippen molar-refractivity contribution in [2.45, 2.75) is 435 Å². The predicted octanol–water partition coefficient (Wildman–Crippen LogP) is 14.2. The van der Waals surface area contributed by atoms with Crippen LogP contribution in [0.15, 0.2) is 71.9 Å². The van der Waals surface area contributed by atoms with Gasteiger partial charge in [-0.3, -0.25) is 9.59 Å². The van der Waals surface area contributed by atoms with E-state index in [4.69, 9.17) is 18.9 Å². The summed E-state index contributed by atoms with van der Waals surface area (Å²) in [6.07, 6.45) is 52.6. The Bertz CT molecular complexity index is 2090. The average molecular weight is 1510 g/mol. The molecule has 0 spiro atoms. The molecular weight excluding hydrogens is 1350 g/mol. The lowest BCUT2D eigenvalue weighted by Gasteiger charge is -2.40. The molecule has 0 bridgehead atoms. The molecule has 2 fully saturated rings. The van der Waals surface area contributed by atoms with Crippen LogP contribution in [0.4, 0.5) is 0 Å². The zero-order chi connectivity index (χ0) is 78.2. The van der Waals surface area contributed by atoms with Gasteiger partial charge in [0.05, 0.1) is 50.7 Å². The van der Waals surface area contributed by atoms with E-state index in [0.717, 1.165) is 64.2 Å². The standard InChI is InChI=1S/2C43H79NO9/c2*1-4-6-8-10-12-13-14-15-16-17-18-20-22-26-31-37(47)42(51)44-35(33-52-43-41(50)40(49)39(48)38(32-45)53-43)36(46)30-27-23-25-29-34(3)28-24-21-19-11-9-7-5-2/h2*26-27,29-31,35-41,43,45-50H,4-25,28,32-33H2,1-3H3,(H,44,51)/b2*30-27+,31-26+,34-29+/t35?,36?,37?,38?,39-,40+,41?,43-;35?,36?,37?,38?,39-,40-,41?,43+/m10/s1. The first kappa shape index (κ1) is 101. The zero-order valence-electron chi connectivity index (χ0n) is 67.2. The van der Waals surface area contributed by atoms with Gasteiger partial charge >= 0.3 is 0 Å². The quantitative estimate of drug-likeness (QED) is 0.0199. The van der Waals surface area contributed by atoms with Gasteiger partial charge in [0.25, 0.3) is 11.8 Å². The largest absolute Gasteiger partial charge is 0.394 e. The molecule has 10 unspecified atom stereocenters. The van der Waals surface area contributed by atoms with Gasteiger partial charge in [-0.1, -0.05) is 318 Å². The molecular formula is C86H158N2O18. The number of rotatable bonds is 66. The van der Waals surface area contributed by atoms with Gasteiger partial charge in [0.15, 0.2) is 24.8 Å². The number of nitrogens with one attached hydrogen (secondary N) is 2. The number of carbonyl (C=O) groups is 2. The minimum Gasteiger partial charge on any atom is -0.394 e. The highest BCUT2D eigenvalue weighted by Crippen LogP contribution is 2.25. The zero-order valence-corrected chi connectivity index (χ0v) is 67.2. The molecule has 0 aromatic rings. The van der Waals surface area contributed by atoms with Gasteiger partial charge in [0.1, 0.15) is 48.8 Å². The molecule has 2 aliphatic heterocycles. The molecule has 14 N–H and O–H groups in total. The second-order valence-corrected chi connectivity index (χ2v) is 30.2. The number of hydrogen-bond donors (Lipinski definition) is 14. The van der Waals surface area contributed by atoms with Gasteiger partial charge in [-0.2, -0.15) is 0 Å². The minimum absolute atomic E-state index is 0.341. The van der Waals surface area contributed by atoms with Gasteiger partial charge in [0, 0.05) is 0 Å². The topological polar surface area (TPSA) is 338 Å². The summed E-state index contributed by atoms with van der Waals surface area (Å²) in [5, 5.41) is 129. The van der Waals surface area contributed by atoms with E-state index in [0.29, 0.717) is 12.8 Å². The molecule has 0 saturated carbocycles. The van der Waals surface area contributed by atoms with Crippen LogP contribution in [-0.2, 0) is 28.5 Å². The maximum atomic E-state index is 13.0. The van der Waals surface area contributed by atoms with Crippen LogP contribution in [0.25, 0.3) is 0 Å². The van der Waals surface area contributed by atoms with E-state index in [-0.39, 0.29) is 13.2 Å². The van der Waals surface area contributed by atoms with Crippen LogP contribution < -0.4 is 10.6 Å². The molecule has 0 aromatic carbocycles. The predicted molar refractivity (Wildman–Crippen MR) is 426 cm³/mol. The first-order valence-corrected chi connectivity index (χ1v) is 42.5. The molecule has 2 saturated heterocycles. The number of amides is 2. The molecule has 16 atom stereocenters. The molecule has 2 heterocycles. The van der Waals surface area contributed by atoms with Crippen LogP contribution in [0.1, 0.15) is 337 Å². The molecule has 0 aromatic heterocycles. The van der Waals surface area contributed by atoms with E-state index < -0.39 is 123 Å². The maximum Gasteiger partial charge on any atom is 0.253 e. The van der Waals surface area contributed by atoms with E-state index in [1.165, 1.54) is 242 Å². The van der Waals surface area contributed by atoms with Crippen LogP contribution in [-0.4, -0.2) is 197 Å². The number of unbranched alkanes of at least 4 members (excludes halogenated alkanes) is 38. The molecule has 2 aliphatic rings. The summed E-state index contributed by atoms with van der Waals surface area (Å²) in [7, 11) is 0. The molecule has 2 rings (SSSR count). The van der Waals surface area contributed by atoms with Crippen molar-refractivity contribution in [3.05, 3.63) is 71.9 Å². The second-order valence-electron chi connectivity index (χ2n) is 30.2. The van der Waals surface area contributed by atoms with E-state index in [9.17, 15) is 70.9 Å². The minimum atomic E-state index is -1.62. The SMILES string of the molecule is CCCCCCCCCCCCCC/C=C/C(O)C(=O)NC(CO[C@@H]1OC(CO)[C@@H](O)[C@H](O)C1O)C(O)/C=C/CC/C=C(\C)CCCCCCCCC.CCCCCCCCCCCCCC/C=C/C(O)C(=O)NC(CO[C@@H]1OC(CO)[C@H](O)[C@H](O)C1O)C(O)/C=C/CC/C=C(\C)CCCCCCCCC. The average Bonchev–Trinajstić information content (AvgIpc) is 0.824. The Hall–Kier alpha value is -3.26. The van der Waals surface area contributed by atoms with E-state index >= 15 is 0 Å². The van der Waals surface area contributed by atoms with Crippen LogP contribution in [0.3, 0.4) is 0 Å². The van der Waals surface area contributed by atoms with Crippen molar-refractivity contribution in [1.82, 2.24) is 10.6 Å². The third kappa shape index (κ3) is 50.6. The van der Waals surface area contributed by atoms with Crippen molar-refractivity contribution in [2.24, 2.45) is 0 Å². The van der Waals surface area contributed by atoms with Crippen molar-refractivity contribution in [2.75, 3.05) is 26.4 Å². The Morgan fingerprint density at radius 3 is 0.896 bits per heavy atom. The fourth-order valence-corrected chi connectivity index (χ4v) is 13.1. The van der Waals surface area contributed by atoms with Crippen LogP contribution in [0.5, 0.6) is 0 Å². The van der Waals surface area contributed by atoms with Crippen LogP contribution in [0, 0.1) is 0 Å². The number of aliphatic hydroxyl groups excluding tert-OH is 12. The first-order valence-electron chi connectivity index (χ1n) is 42.5. The van der Waals surface area contributed by atoms with Crippen molar-refractivity contribution < 1.29 is 89.8 Å². The van der Waals surface area contributed by atoms with E-state index in [1.807, 2.05) is 12.2 Å². The highest BCUT2D eigenvalue weighted by Gasteiger charge is 2.46. The molecule has 2 amide bonds. The third-order valence-corrected chi connectivity index (χ3v) is 20.3. The fourth-order valence-electron chi connectivity index (χ4n) is 13.1. The normalized spacial score (nSPS) is 22.8. The Morgan fingerprint density at radius 2 is 0.613 bits per heavy atom. The summed E-state index contributed by atoms with van der Waals surface area (Å²) < 4.78 is 22.2. The van der Waals surface area contributed by atoms with Crippen LogP contribution >= 0.6 is 0 Å². The number of hydrogen-bond acceptors (Lipinski definition) is 18. The summed E-state index contributed by atoms with van der Waals surface area (Å²) in [5.74, 6) is -1.43. The van der Waals surface area contributed by atoms with Gasteiger partial charge < -0.3 is 90.9 Å². The van der Waals surface area contributed by atoms with Crippen LogP contribution in [0.2, 0.25) is 0 Å².